The summed E-state index contributed by atoms with van der Waals surface area (Å²) in [4.78, 5) is 20.0. The third-order valence-electron chi connectivity index (χ3n) is 4.29. The molecule has 0 atom stereocenters. The van der Waals surface area contributed by atoms with E-state index in [2.05, 4.69) is 21.9 Å². The van der Waals surface area contributed by atoms with Gasteiger partial charge in [0.1, 0.15) is 12.3 Å². The van der Waals surface area contributed by atoms with Crippen molar-refractivity contribution in [2.75, 3.05) is 19.0 Å². The van der Waals surface area contributed by atoms with Crippen LogP contribution in [0.25, 0.3) is 16.7 Å². The van der Waals surface area contributed by atoms with E-state index in [0.29, 0.717) is 5.76 Å². The molecule has 0 spiro atoms. The summed E-state index contributed by atoms with van der Waals surface area (Å²) in [7, 11) is 1.59. The highest BCUT2D eigenvalue weighted by Crippen LogP contribution is 2.31. The molecule has 0 fully saturated rings. The number of benzene rings is 2. The Balaban J connectivity index is 1.91. The molecule has 2 heterocycles. The molecule has 0 saturated heterocycles. The van der Waals surface area contributed by atoms with Gasteiger partial charge in [0.25, 0.3) is 0 Å². The van der Waals surface area contributed by atoms with Gasteiger partial charge in [-0.15, -0.1) is 0 Å². The third kappa shape index (κ3) is 2.59. The molecule has 0 saturated carbocycles. The summed E-state index contributed by atoms with van der Waals surface area (Å²) in [5.74, 6) is 0.459. The summed E-state index contributed by atoms with van der Waals surface area (Å²) in [6.45, 7) is 3.99. The molecule has 1 aliphatic rings. The second kappa shape index (κ2) is 5.94. The van der Waals surface area contributed by atoms with Crippen molar-refractivity contribution < 1.29 is 9.53 Å². The van der Waals surface area contributed by atoms with Gasteiger partial charge in [-0.1, -0.05) is 43.0 Å². The van der Waals surface area contributed by atoms with Crippen molar-refractivity contribution in [2.24, 2.45) is 4.99 Å². The quantitative estimate of drug-likeness (QED) is 0.721. The van der Waals surface area contributed by atoms with E-state index in [1.54, 1.807) is 7.11 Å². The van der Waals surface area contributed by atoms with Crippen LogP contribution in [0.2, 0.25) is 0 Å². The molecule has 1 amide bonds. The minimum absolute atomic E-state index is 0.0850. The van der Waals surface area contributed by atoms with Crippen LogP contribution in [0.3, 0.4) is 0 Å². The molecule has 5 nitrogen and oxygen atoms in total. The molecule has 3 aromatic rings. The first-order valence-corrected chi connectivity index (χ1v) is 7.96. The van der Waals surface area contributed by atoms with Crippen LogP contribution in [0.1, 0.15) is 16.8 Å². The number of rotatable bonds is 3. The number of fused-ring (bicyclic) bond motifs is 3. The van der Waals surface area contributed by atoms with Gasteiger partial charge in [0.05, 0.1) is 24.2 Å². The number of carbonyl (C=O) groups is 1. The van der Waals surface area contributed by atoms with Crippen molar-refractivity contribution in [2.45, 2.75) is 0 Å². The lowest BCUT2D eigenvalue weighted by Gasteiger charge is -2.09. The van der Waals surface area contributed by atoms with E-state index in [0.717, 1.165) is 39.1 Å². The van der Waals surface area contributed by atoms with Crippen LogP contribution in [0.15, 0.2) is 60.1 Å². The van der Waals surface area contributed by atoms with Gasteiger partial charge in [-0.2, -0.15) is 0 Å². The monoisotopic (exact) mass is 331 g/mol. The minimum Gasteiger partial charge on any atom is -0.497 e. The molecule has 2 aromatic carbocycles. The van der Waals surface area contributed by atoms with Crippen molar-refractivity contribution in [3.63, 3.8) is 0 Å². The lowest BCUT2D eigenvalue weighted by Crippen LogP contribution is -2.13. The van der Waals surface area contributed by atoms with E-state index < -0.39 is 0 Å². The number of anilines is 1. The summed E-state index contributed by atoms with van der Waals surface area (Å²) in [6, 6.07) is 15.7. The number of aromatic nitrogens is 1. The van der Waals surface area contributed by atoms with E-state index in [9.17, 15) is 4.79 Å². The number of carbonyl (C=O) groups excluding carboxylic acids is 1. The van der Waals surface area contributed by atoms with Gasteiger partial charge < -0.3 is 15.0 Å². The lowest BCUT2D eigenvalue weighted by molar-refractivity contribution is -0.114. The number of H-pyrrole nitrogens is 1. The number of ether oxygens (including phenoxy) is 1. The van der Waals surface area contributed by atoms with Crippen LogP contribution in [0.4, 0.5) is 5.69 Å². The first-order valence-electron chi connectivity index (χ1n) is 7.96. The van der Waals surface area contributed by atoms with Crippen molar-refractivity contribution in [1.82, 2.24) is 4.98 Å². The number of aliphatic imine (C=N–C) groups is 1. The number of methoxy groups -OCH3 is 1. The summed E-state index contributed by atoms with van der Waals surface area (Å²) in [6.07, 6.45) is 0. The van der Waals surface area contributed by atoms with Gasteiger partial charge >= 0.3 is 0 Å². The van der Waals surface area contributed by atoms with Crippen LogP contribution in [-0.2, 0) is 9.53 Å². The second-order valence-corrected chi connectivity index (χ2v) is 5.84. The molecular weight excluding hydrogens is 314 g/mol. The van der Waals surface area contributed by atoms with Crippen LogP contribution in [0, 0.1) is 0 Å². The number of hydrogen-bond acceptors (Lipinski definition) is 3. The number of aromatic amines is 1. The highest BCUT2D eigenvalue weighted by Gasteiger charge is 2.22. The number of amides is 1. The molecule has 0 aliphatic carbocycles. The zero-order valence-electron chi connectivity index (χ0n) is 13.8. The standard InChI is InChI=1S/C20H17N3O2/c1-12(25-2)13-6-5-7-14(10-13)18-20-19(23-17(24)11-21-18)15-8-3-4-9-16(15)22-20/h3-10,22H,1,11H2,2H3,(H,23,24). The molecular formula is C20H17N3O2. The number of hydrogen-bond donors (Lipinski definition) is 2. The maximum atomic E-state index is 12.1. The Hall–Kier alpha value is -3.34. The predicted octanol–water partition coefficient (Wildman–Crippen LogP) is 3.57. The second-order valence-electron chi connectivity index (χ2n) is 5.84. The Labute approximate surface area is 145 Å². The summed E-state index contributed by atoms with van der Waals surface area (Å²) in [5.41, 5.74) is 5.07. The highest BCUT2D eigenvalue weighted by atomic mass is 16.5. The smallest absolute Gasteiger partial charge is 0.246 e. The number of para-hydroxylation sites is 1. The van der Waals surface area contributed by atoms with Crippen molar-refractivity contribution >= 4 is 34.0 Å². The van der Waals surface area contributed by atoms with Gasteiger partial charge in [0.2, 0.25) is 5.91 Å². The van der Waals surface area contributed by atoms with Gasteiger partial charge in [-0.05, 0) is 12.1 Å². The zero-order valence-corrected chi connectivity index (χ0v) is 13.8. The maximum absolute atomic E-state index is 12.1. The number of nitrogens with one attached hydrogen (secondary N) is 2. The molecule has 0 unspecified atom stereocenters. The van der Waals surface area contributed by atoms with Gasteiger partial charge in [-0.3, -0.25) is 9.79 Å². The fraction of sp³-hybridized carbons (Fsp3) is 0.100. The molecule has 124 valence electrons. The van der Waals surface area contributed by atoms with Crippen LogP contribution in [0.5, 0.6) is 0 Å². The SMILES string of the molecule is C=C(OC)c1cccc(C2=NCC(=O)Nc3c2[nH]c2ccccc32)c1. The van der Waals surface area contributed by atoms with Crippen molar-refractivity contribution in [3.05, 3.63) is 71.9 Å². The zero-order chi connectivity index (χ0) is 17.4. The van der Waals surface area contributed by atoms with E-state index in [1.807, 2.05) is 48.5 Å². The molecule has 5 heteroatoms. The van der Waals surface area contributed by atoms with Crippen LogP contribution >= 0.6 is 0 Å². The fourth-order valence-electron chi connectivity index (χ4n) is 3.05. The molecule has 25 heavy (non-hydrogen) atoms. The summed E-state index contributed by atoms with van der Waals surface area (Å²) in [5, 5.41) is 3.94. The average molecular weight is 331 g/mol. The van der Waals surface area contributed by atoms with Gasteiger partial charge in [0.15, 0.2) is 0 Å². The molecule has 2 N–H and O–H groups in total. The van der Waals surface area contributed by atoms with Crippen molar-refractivity contribution in [1.29, 1.82) is 0 Å². The van der Waals surface area contributed by atoms with E-state index in [1.165, 1.54) is 0 Å². The molecule has 0 radical (unpaired) electrons. The van der Waals surface area contributed by atoms with E-state index in [4.69, 9.17) is 4.74 Å². The van der Waals surface area contributed by atoms with Gasteiger partial charge in [-0.25, -0.2) is 0 Å². The first kappa shape index (κ1) is 15.2. The average Bonchev–Trinajstić information content (AvgIpc) is 2.91. The van der Waals surface area contributed by atoms with E-state index in [-0.39, 0.29) is 12.5 Å². The van der Waals surface area contributed by atoms with Gasteiger partial charge in [0, 0.05) is 22.0 Å². The predicted molar refractivity (Wildman–Crippen MR) is 99.9 cm³/mol. The molecule has 1 aliphatic heterocycles. The lowest BCUT2D eigenvalue weighted by atomic mass is 10.0. The molecule has 1 aromatic heterocycles. The third-order valence-corrected chi connectivity index (χ3v) is 4.29. The summed E-state index contributed by atoms with van der Waals surface area (Å²) < 4.78 is 5.23. The highest BCUT2D eigenvalue weighted by molar-refractivity contribution is 6.22. The fourth-order valence-corrected chi connectivity index (χ4v) is 3.05. The Kier molecular flexibility index (Phi) is 3.61. The van der Waals surface area contributed by atoms with E-state index >= 15 is 0 Å². The largest absolute Gasteiger partial charge is 0.497 e. The normalized spacial score (nSPS) is 13.6. The Bertz CT molecular complexity index is 1030. The topological polar surface area (TPSA) is 66.5 Å². The maximum Gasteiger partial charge on any atom is 0.246 e. The molecule has 0 bridgehead atoms. The summed E-state index contributed by atoms with van der Waals surface area (Å²) >= 11 is 0. The Morgan fingerprint density at radius 1 is 1.20 bits per heavy atom. The Morgan fingerprint density at radius 3 is 2.88 bits per heavy atom. The minimum atomic E-state index is -0.126. The Morgan fingerprint density at radius 2 is 2.04 bits per heavy atom. The number of nitrogens with zero attached hydrogens (tertiary/aromatic N) is 1. The molecule has 4 rings (SSSR count). The van der Waals surface area contributed by atoms with Crippen molar-refractivity contribution in [3.8, 4) is 0 Å². The first-order chi connectivity index (χ1) is 12.2. The van der Waals surface area contributed by atoms with Crippen LogP contribution < -0.4 is 5.32 Å². The van der Waals surface area contributed by atoms with Crippen LogP contribution in [-0.4, -0.2) is 30.3 Å².